The predicted molar refractivity (Wildman–Crippen MR) is 94.6 cm³/mol. The fourth-order valence-corrected chi connectivity index (χ4v) is 3.07. The van der Waals surface area contributed by atoms with Crippen LogP contribution < -0.4 is 0 Å². The van der Waals surface area contributed by atoms with Crippen molar-refractivity contribution < 1.29 is 4.79 Å². The van der Waals surface area contributed by atoms with E-state index in [0.29, 0.717) is 5.92 Å². The van der Waals surface area contributed by atoms with Crippen molar-refractivity contribution in [3.05, 3.63) is 0 Å². The summed E-state index contributed by atoms with van der Waals surface area (Å²) in [4.78, 5) is 10.4. The molecule has 0 bridgehead atoms. The summed E-state index contributed by atoms with van der Waals surface area (Å²) < 4.78 is 0. The Balaban J connectivity index is 3.47. The van der Waals surface area contributed by atoms with Gasteiger partial charge in [0.05, 0.1) is 0 Å². The zero-order chi connectivity index (χ0) is 16.1. The standard InChI is InChI=1S/C20H40O/c1-17(2)9-6-10-18(3)11-7-12-19(4)13-8-14-20(5)15-16-21/h16-20H,6-15H2,1-5H3/t18-,19-,20-/m0/s1. The van der Waals surface area contributed by atoms with Crippen LogP contribution in [-0.4, -0.2) is 6.29 Å². The molecule has 3 atom stereocenters. The minimum atomic E-state index is 0.579. The molecular weight excluding hydrogens is 256 g/mol. The van der Waals surface area contributed by atoms with Gasteiger partial charge in [0.2, 0.25) is 0 Å². The Hall–Kier alpha value is -0.330. The van der Waals surface area contributed by atoms with Crippen LogP contribution in [0.25, 0.3) is 0 Å². The van der Waals surface area contributed by atoms with Crippen LogP contribution in [-0.2, 0) is 4.79 Å². The van der Waals surface area contributed by atoms with Gasteiger partial charge in [0.25, 0.3) is 0 Å². The third-order valence-electron chi connectivity index (χ3n) is 4.76. The molecule has 0 amide bonds. The summed E-state index contributed by atoms with van der Waals surface area (Å²) in [7, 11) is 0. The van der Waals surface area contributed by atoms with E-state index < -0.39 is 0 Å². The molecule has 0 heterocycles. The molecule has 1 heteroatoms. The summed E-state index contributed by atoms with van der Waals surface area (Å²) in [5, 5.41) is 0. The third kappa shape index (κ3) is 14.4. The Bertz CT molecular complexity index is 234. The Labute approximate surface area is 134 Å². The van der Waals surface area contributed by atoms with Crippen LogP contribution in [0.4, 0.5) is 0 Å². The molecule has 0 unspecified atom stereocenters. The lowest BCUT2D eigenvalue weighted by molar-refractivity contribution is -0.108. The molecule has 0 aromatic rings. The molecule has 0 radical (unpaired) electrons. The van der Waals surface area contributed by atoms with Gasteiger partial charge in [-0.1, -0.05) is 92.4 Å². The molecule has 0 aliphatic rings. The van der Waals surface area contributed by atoms with Gasteiger partial charge in [-0.2, -0.15) is 0 Å². The average molecular weight is 297 g/mol. The van der Waals surface area contributed by atoms with Gasteiger partial charge in [-0.3, -0.25) is 0 Å². The zero-order valence-electron chi connectivity index (χ0n) is 15.4. The molecule has 0 aromatic heterocycles. The Kier molecular flexibility index (Phi) is 13.1. The Morgan fingerprint density at radius 3 is 1.38 bits per heavy atom. The molecular formula is C20H40O. The van der Waals surface area contributed by atoms with Crippen molar-refractivity contribution in [2.75, 3.05) is 0 Å². The molecule has 0 rings (SSSR count). The van der Waals surface area contributed by atoms with Crippen molar-refractivity contribution in [1.82, 2.24) is 0 Å². The van der Waals surface area contributed by atoms with E-state index in [2.05, 4.69) is 34.6 Å². The second-order valence-corrected chi connectivity index (χ2v) is 7.90. The van der Waals surface area contributed by atoms with Gasteiger partial charge in [-0.05, 0) is 23.7 Å². The highest BCUT2D eigenvalue weighted by molar-refractivity contribution is 5.49. The van der Waals surface area contributed by atoms with E-state index in [9.17, 15) is 4.79 Å². The Morgan fingerprint density at radius 1 is 0.619 bits per heavy atom. The number of aldehydes is 1. The highest BCUT2D eigenvalue weighted by atomic mass is 16.1. The van der Waals surface area contributed by atoms with E-state index in [1.54, 1.807) is 0 Å². The van der Waals surface area contributed by atoms with E-state index in [1.807, 2.05) is 0 Å². The lowest BCUT2D eigenvalue weighted by atomic mass is 9.91. The van der Waals surface area contributed by atoms with Crippen molar-refractivity contribution in [3.8, 4) is 0 Å². The van der Waals surface area contributed by atoms with Gasteiger partial charge < -0.3 is 4.79 Å². The topological polar surface area (TPSA) is 17.1 Å². The maximum absolute atomic E-state index is 10.4. The normalized spacial score (nSPS) is 15.9. The van der Waals surface area contributed by atoms with Crippen molar-refractivity contribution in [2.45, 2.75) is 98.8 Å². The van der Waals surface area contributed by atoms with Crippen molar-refractivity contribution in [3.63, 3.8) is 0 Å². The van der Waals surface area contributed by atoms with Crippen LogP contribution in [0.5, 0.6) is 0 Å². The first kappa shape index (κ1) is 20.7. The van der Waals surface area contributed by atoms with Crippen LogP contribution in [0.2, 0.25) is 0 Å². The molecule has 0 saturated carbocycles. The van der Waals surface area contributed by atoms with E-state index in [0.717, 1.165) is 30.5 Å². The highest BCUT2D eigenvalue weighted by Gasteiger charge is 2.07. The average Bonchev–Trinajstić information content (AvgIpc) is 2.38. The van der Waals surface area contributed by atoms with Crippen LogP contribution in [0.15, 0.2) is 0 Å². The van der Waals surface area contributed by atoms with Crippen molar-refractivity contribution >= 4 is 6.29 Å². The molecule has 126 valence electrons. The lowest BCUT2D eigenvalue weighted by Gasteiger charge is -2.15. The molecule has 0 fully saturated rings. The van der Waals surface area contributed by atoms with Crippen LogP contribution in [0.1, 0.15) is 98.8 Å². The molecule has 21 heavy (non-hydrogen) atoms. The minimum absolute atomic E-state index is 0.579. The van der Waals surface area contributed by atoms with Gasteiger partial charge in [0.1, 0.15) is 6.29 Å². The molecule has 1 nitrogen and oxygen atoms in total. The first-order valence-corrected chi connectivity index (χ1v) is 9.39. The zero-order valence-corrected chi connectivity index (χ0v) is 15.4. The molecule has 0 saturated heterocycles. The third-order valence-corrected chi connectivity index (χ3v) is 4.76. The molecule has 0 N–H and O–H groups in total. The van der Waals surface area contributed by atoms with Gasteiger partial charge in [-0.15, -0.1) is 0 Å². The fourth-order valence-electron chi connectivity index (χ4n) is 3.07. The lowest BCUT2D eigenvalue weighted by Crippen LogP contribution is -2.01. The van der Waals surface area contributed by atoms with E-state index >= 15 is 0 Å². The number of hydrogen-bond acceptors (Lipinski definition) is 1. The van der Waals surface area contributed by atoms with Crippen LogP contribution >= 0.6 is 0 Å². The largest absolute Gasteiger partial charge is 0.303 e. The minimum Gasteiger partial charge on any atom is -0.303 e. The van der Waals surface area contributed by atoms with Gasteiger partial charge in [0.15, 0.2) is 0 Å². The summed E-state index contributed by atoms with van der Waals surface area (Å²) in [5.74, 6) is 3.20. The number of rotatable bonds is 14. The number of hydrogen-bond donors (Lipinski definition) is 0. The second-order valence-electron chi connectivity index (χ2n) is 7.90. The summed E-state index contributed by atoms with van der Waals surface area (Å²) in [6.45, 7) is 11.7. The van der Waals surface area contributed by atoms with Gasteiger partial charge in [-0.25, -0.2) is 0 Å². The number of carbonyl (C=O) groups is 1. The predicted octanol–water partition coefficient (Wildman–Crippen LogP) is 6.65. The molecule has 0 spiro atoms. The molecule has 0 aliphatic carbocycles. The number of carbonyl (C=O) groups excluding carboxylic acids is 1. The fraction of sp³-hybridized carbons (Fsp3) is 0.950. The first-order chi connectivity index (χ1) is 9.95. The van der Waals surface area contributed by atoms with Gasteiger partial charge >= 0.3 is 0 Å². The highest BCUT2D eigenvalue weighted by Crippen LogP contribution is 2.22. The second kappa shape index (κ2) is 13.3. The molecule has 0 aliphatic heterocycles. The first-order valence-electron chi connectivity index (χ1n) is 9.39. The summed E-state index contributed by atoms with van der Waals surface area (Å²) >= 11 is 0. The summed E-state index contributed by atoms with van der Waals surface area (Å²) in [6.07, 6.45) is 14.0. The van der Waals surface area contributed by atoms with Crippen LogP contribution in [0, 0.1) is 23.7 Å². The SMILES string of the molecule is CC(C)CCC[C@H](C)CCC[C@H](C)CCC[C@H](C)CC=O. The van der Waals surface area contributed by atoms with Crippen LogP contribution in [0.3, 0.4) is 0 Å². The smallest absolute Gasteiger partial charge is 0.120 e. The van der Waals surface area contributed by atoms with E-state index in [1.165, 1.54) is 57.8 Å². The summed E-state index contributed by atoms with van der Waals surface area (Å²) in [5.41, 5.74) is 0. The quantitative estimate of drug-likeness (QED) is 0.328. The van der Waals surface area contributed by atoms with Gasteiger partial charge in [0, 0.05) is 6.42 Å². The van der Waals surface area contributed by atoms with E-state index in [4.69, 9.17) is 0 Å². The monoisotopic (exact) mass is 296 g/mol. The summed E-state index contributed by atoms with van der Waals surface area (Å²) in [6, 6.07) is 0. The molecule has 0 aromatic carbocycles. The maximum atomic E-state index is 10.4. The maximum Gasteiger partial charge on any atom is 0.120 e. The van der Waals surface area contributed by atoms with Crippen molar-refractivity contribution in [1.29, 1.82) is 0 Å². The van der Waals surface area contributed by atoms with Crippen molar-refractivity contribution in [2.24, 2.45) is 23.7 Å². The van der Waals surface area contributed by atoms with E-state index in [-0.39, 0.29) is 0 Å². The Morgan fingerprint density at radius 2 is 1.00 bits per heavy atom.